The molecule has 0 atom stereocenters. The largest absolute Gasteiger partial charge is 0.392 e. The summed E-state index contributed by atoms with van der Waals surface area (Å²) in [5.41, 5.74) is 9.46. The van der Waals surface area contributed by atoms with Crippen molar-refractivity contribution in [2.24, 2.45) is 11.1 Å². The van der Waals surface area contributed by atoms with Crippen molar-refractivity contribution in [2.45, 2.75) is 32.8 Å². The fourth-order valence-corrected chi connectivity index (χ4v) is 3.75. The Kier molecular flexibility index (Phi) is 4.80. The number of primary amides is 1. The Labute approximate surface area is 168 Å². The molecule has 0 spiro atoms. The Hall–Kier alpha value is -3.25. The molecule has 1 aliphatic carbocycles. The second kappa shape index (κ2) is 7.29. The lowest BCUT2D eigenvalue weighted by Gasteiger charge is -2.16. The van der Waals surface area contributed by atoms with Crippen molar-refractivity contribution in [3.05, 3.63) is 70.9 Å². The highest BCUT2D eigenvalue weighted by atomic mass is 16.3. The van der Waals surface area contributed by atoms with Crippen LogP contribution in [0.3, 0.4) is 0 Å². The van der Waals surface area contributed by atoms with Gasteiger partial charge in [-0.2, -0.15) is 0 Å². The van der Waals surface area contributed by atoms with E-state index in [0.717, 1.165) is 33.3 Å². The number of aryl methyl sites for hydroxylation is 1. The fraction of sp³-hybridized carbons (Fsp3) is 0.261. The number of aliphatic hydroxyl groups excluding tert-OH is 1. The van der Waals surface area contributed by atoms with Crippen LogP contribution in [0.4, 0.5) is 5.69 Å². The van der Waals surface area contributed by atoms with Gasteiger partial charge in [-0.25, -0.2) is 0 Å². The van der Waals surface area contributed by atoms with E-state index < -0.39 is 11.3 Å². The van der Waals surface area contributed by atoms with Gasteiger partial charge in [-0.1, -0.05) is 36.4 Å². The van der Waals surface area contributed by atoms with Gasteiger partial charge < -0.3 is 16.2 Å². The number of aromatic nitrogens is 1. The molecule has 1 heterocycles. The fourth-order valence-electron chi connectivity index (χ4n) is 3.75. The average molecular weight is 389 g/mol. The molecule has 29 heavy (non-hydrogen) atoms. The zero-order valence-electron chi connectivity index (χ0n) is 16.2. The zero-order valence-corrected chi connectivity index (χ0v) is 16.2. The van der Waals surface area contributed by atoms with Crippen LogP contribution in [-0.4, -0.2) is 21.9 Å². The van der Waals surface area contributed by atoms with Crippen molar-refractivity contribution in [1.29, 1.82) is 0 Å². The molecule has 1 aliphatic rings. The van der Waals surface area contributed by atoms with Crippen LogP contribution < -0.4 is 11.1 Å². The first-order valence-electron chi connectivity index (χ1n) is 9.63. The molecule has 148 valence electrons. The van der Waals surface area contributed by atoms with Crippen molar-refractivity contribution in [1.82, 2.24) is 4.98 Å². The lowest BCUT2D eigenvalue weighted by atomic mass is 9.98. The molecule has 0 radical (unpaired) electrons. The molecule has 3 aromatic rings. The molecule has 4 rings (SSSR count). The average Bonchev–Trinajstić information content (AvgIpc) is 3.51. The van der Waals surface area contributed by atoms with Gasteiger partial charge in [0, 0.05) is 23.2 Å². The summed E-state index contributed by atoms with van der Waals surface area (Å²) < 4.78 is 0. The van der Waals surface area contributed by atoms with Gasteiger partial charge in [-0.05, 0) is 48.6 Å². The Bertz CT molecular complexity index is 1120. The molecule has 0 bridgehead atoms. The van der Waals surface area contributed by atoms with Gasteiger partial charge in [0.25, 0.3) is 0 Å². The number of carbonyl (C=O) groups excluding carboxylic acids is 2. The molecule has 6 heteroatoms. The van der Waals surface area contributed by atoms with Crippen LogP contribution in [0.15, 0.2) is 48.5 Å². The molecule has 2 amide bonds. The number of benzene rings is 2. The van der Waals surface area contributed by atoms with E-state index in [-0.39, 0.29) is 12.5 Å². The third kappa shape index (κ3) is 3.47. The van der Waals surface area contributed by atoms with Gasteiger partial charge in [-0.3, -0.25) is 14.6 Å². The van der Waals surface area contributed by atoms with Crippen LogP contribution in [0.5, 0.6) is 0 Å². The molecule has 1 fully saturated rings. The number of aliphatic hydroxyl groups is 1. The summed E-state index contributed by atoms with van der Waals surface area (Å²) in [4.78, 5) is 29.0. The predicted octanol–water partition coefficient (Wildman–Crippen LogP) is 2.83. The first-order chi connectivity index (χ1) is 13.9. The van der Waals surface area contributed by atoms with Gasteiger partial charge in [0.15, 0.2) is 0 Å². The number of nitrogens with one attached hydrogen (secondary N) is 1. The van der Waals surface area contributed by atoms with E-state index in [1.54, 1.807) is 0 Å². The summed E-state index contributed by atoms with van der Waals surface area (Å²) in [6.07, 6.45) is 1.54. The van der Waals surface area contributed by atoms with Crippen molar-refractivity contribution < 1.29 is 14.7 Å². The minimum atomic E-state index is -1.07. The molecule has 6 nitrogen and oxygen atoms in total. The Morgan fingerprint density at radius 2 is 1.83 bits per heavy atom. The molecule has 2 aromatic carbocycles. The lowest BCUT2D eigenvalue weighted by molar-refractivity contribution is -0.132. The van der Waals surface area contributed by atoms with Gasteiger partial charge in [0.05, 0.1) is 12.1 Å². The second-order valence-electron chi connectivity index (χ2n) is 7.63. The van der Waals surface area contributed by atoms with Gasteiger partial charge >= 0.3 is 0 Å². The van der Waals surface area contributed by atoms with Crippen LogP contribution in [0.2, 0.25) is 0 Å². The number of anilines is 1. The van der Waals surface area contributed by atoms with E-state index in [4.69, 9.17) is 5.73 Å². The van der Waals surface area contributed by atoms with Crippen LogP contribution >= 0.6 is 0 Å². The summed E-state index contributed by atoms with van der Waals surface area (Å²) in [5.74, 6) is -0.912. The topological polar surface area (TPSA) is 105 Å². The van der Waals surface area contributed by atoms with Crippen LogP contribution in [0.1, 0.15) is 35.2 Å². The quantitative estimate of drug-likeness (QED) is 0.564. The van der Waals surface area contributed by atoms with E-state index in [0.29, 0.717) is 24.9 Å². The van der Waals surface area contributed by atoms with Crippen LogP contribution in [-0.2, 0) is 22.6 Å². The number of para-hydroxylation sites is 2. The van der Waals surface area contributed by atoms with Crippen molar-refractivity contribution in [3.63, 3.8) is 0 Å². The highest BCUT2D eigenvalue weighted by molar-refractivity contribution is 6.12. The zero-order chi connectivity index (χ0) is 20.6. The number of pyridine rings is 1. The first kappa shape index (κ1) is 19.1. The van der Waals surface area contributed by atoms with E-state index in [9.17, 15) is 14.7 Å². The number of carbonyl (C=O) groups is 2. The van der Waals surface area contributed by atoms with Crippen LogP contribution in [0, 0.1) is 12.3 Å². The second-order valence-corrected chi connectivity index (χ2v) is 7.63. The summed E-state index contributed by atoms with van der Waals surface area (Å²) in [7, 11) is 0. The smallest absolute Gasteiger partial charge is 0.240 e. The standard InChI is InChI=1S/C23H23N3O3/c1-14-11-17(13-27)18-7-4-6-16(20(18)25-14)12-15-5-2-3-8-19(15)26-22(29)23(9-10-23)21(24)28/h2-8,11,27H,9-10,12-13H2,1H3,(H2,24,28)(H,26,29). The van der Waals surface area contributed by atoms with Crippen molar-refractivity contribution >= 4 is 28.4 Å². The molecule has 0 aliphatic heterocycles. The molecule has 4 N–H and O–H groups in total. The third-order valence-corrected chi connectivity index (χ3v) is 5.61. The monoisotopic (exact) mass is 389 g/mol. The maximum Gasteiger partial charge on any atom is 0.240 e. The first-order valence-corrected chi connectivity index (χ1v) is 9.63. The molecule has 0 saturated heterocycles. The highest BCUT2D eigenvalue weighted by Crippen LogP contribution is 2.46. The van der Waals surface area contributed by atoms with E-state index in [2.05, 4.69) is 10.3 Å². The Balaban J connectivity index is 1.69. The number of hydrogen-bond acceptors (Lipinski definition) is 4. The van der Waals surface area contributed by atoms with Crippen LogP contribution in [0.25, 0.3) is 10.9 Å². The summed E-state index contributed by atoms with van der Waals surface area (Å²) in [6.45, 7) is 1.85. The van der Waals surface area contributed by atoms with Gasteiger partial charge in [0.2, 0.25) is 11.8 Å². The maximum absolute atomic E-state index is 12.6. The van der Waals surface area contributed by atoms with Gasteiger partial charge in [0.1, 0.15) is 5.41 Å². The van der Waals surface area contributed by atoms with Gasteiger partial charge in [-0.15, -0.1) is 0 Å². The number of nitrogens with two attached hydrogens (primary N) is 1. The summed E-state index contributed by atoms with van der Waals surface area (Å²) in [5, 5.41) is 13.5. The summed E-state index contributed by atoms with van der Waals surface area (Å²) in [6, 6.07) is 15.3. The number of amides is 2. The molecule has 1 aromatic heterocycles. The molecule has 1 saturated carbocycles. The molecule has 0 unspecified atom stereocenters. The molecular formula is C23H23N3O3. The SMILES string of the molecule is Cc1cc(CO)c2cccc(Cc3ccccc3NC(=O)C3(C(N)=O)CC3)c2n1. The minimum Gasteiger partial charge on any atom is -0.392 e. The van der Waals surface area contributed by atoms with E-state index >= 15 is 0 Å². The van der Waals surface area contributed by atoms with E-state index in [1.807, 2.05) is 55.5 Å². The Morgan fingerprint density at radius 1 is 1.10 bits per heavy atom. The normalized spacial score (nSPS) is 14.6. The third-order valence-electron chi connectivity index (χ3n) is 5.61. The highest BCUT2D eigenvalue weighted by Gasteiger charge is 2.55. The van der Waals surface area contributed by atoms with Crippen molar-refractivity contribution in [3.8, 4) is 0 Å². The number of nitrogens with zero attached hydrogens (tertiary/aromatic N) is 1. The number of hydrogen-bond donors (Lipinski definition) is 3. The molecular weight excluding hydrogens is 366 g/mol. The summed E-state index contributed by atoms with van der Waals surface area (Å²) >= 11 is 0. The maximum atomic E-state index is 12.6. The number of fused-ring (bicyclic) bond motifs is 1. The van der Waals surface area contributed by atoms with Crippen molar-refractivity contribution in [2.75, 3.05) is 5.32 Å². The predicted molar refractivity (Wildman–Crippen MR) is 111 cm³/mol. The van der Waals surface area contributed by atoms with E-state index in [1.165, 1.54) is 0 Å². The lowest BCUT2D eigenvalue weighted by Crippen LogP contribution is -2.36. The minimum absolute atomic E-state index is 0.0504. The number of rotatable bonds is 6. The Morgan fingerprint density at radius 3 is 2.52 bits per heavy atom.